The highest BCUT2D eigenvalue weighted by molar-refractivity contribution is 5.38. The summed E-state index contributed by atoms with van der Waals surface area (Å²) in [5, 5.41) is 3.71. The highest BCUT2D eigenvalue weighted by atomic mass is 16.5. The van der Waals surface area contributed by atoms with Gasteiger partial charge >= 0.3 is 0 Å². The van der Waals surface area contributed by atoms with E-state index in [9.17, 15) is 0 Å². The molecule has 1 fully saturated rings. The predicted octanol–water partition coefficient (Wildman–Crippen LogP) is 3.33. The minimum Gasteiger partial charge on any atom is -0.493 e. The summed E-state index contributed by atoms with van der Waals surface area (Å²) in [5.74, 6) is 2.71. The van der Waals surface area contributed by atoms with Crippen LogP contribution in [0.2, 0.25) is 0 Å². The van der Waals surface area contributed by atoms with Gasteiger partial charge in [0.1, 0.15) is 5.75 Å². The first-order chi connectivity index (χ1) is 8.88. The number of hydrogen-bond donors (Lipinski definition) is 1. The van der Waals surface area contributed by atoms with Crippen molar-refractivity contribution in [2.45, 2.75) is 44.6 Å². The third-order valence-corrected chi connectivity index (χ3v) is 4.24. The van der Waals surface area contributed by atoms with Gasteiger partial charge in [0, 0.05) is 12.0 Å². The summed E-state index contributed by atoms with van der Waals surface area (Å²) in [5.41, 5.74) is 1.41. The standard InChI is InChI=1S/C16H23NO/c1-2-17-15(11-12-7-8-12)13-9-10-18-16-6-4-3-5-14(13)16/h3-6,12-13,15,17H,2,7-11H2,1H3. The van der Waals surface area contributed by atoms with E-state index in [4.69, 9.17) is 4.74 Å². The molecule has 0 aromatic heterocycles. The number of nitrogens with one attached hydrogen (secondary N) is 1. The van der Waals surface area contributed by atoms with Crippen LogP contribution in [-0.4, -0.2) is 19.2 Å². The Morgan fingerprint density at radius 2 is 2.11 bits per heavy atom. The number of fused-ring (bicyclic) bond motifs is 1. The van der Waals surface area contributed by atoms with Crippen molar-refractivity contribution in [1.29, 1.82) is 0 Å². The quantitative estimate of drug-likeness (QED) is 0.859. The van der Waals surface area contributed by atoms with Crippen molar-refractivity contribution in [2.75, 3.05) is 13.2 Å². The molecule has 18 heavy (non-hydrogen) atoms. The SMILES string of the molecule is CCNC(CC1CC1)C1CCOc2ccccc21. The lowest BCUT2D eigenvalue weighted by Crippen LogP contribution is -2.37. The van der Waals surface area contributed by atoms with E-state index < -0.39 is 0 Å². The van der Waals surface area contributed by atoms with Gasteiger partial charge in [-0.1, -0.05) is 38.0 Å². The predicted molar refractivity (Wildman–Crippen MR) is 74.1 cm³/mol. The molecule has 1 aliphatic heterocycles. The lowest BCUT2D eigenvalue weighted by atomic mass is 9.84. The van der Waals surface area contributed by atoms with Crippen molar-refractivity contribution in [3.63, 3.8) is 0 Å². The molecule has 1 N–H and O–H groups in total. The molecule has 1 aromatic rings. The second-order valence-corrected chi connectivity index (χ2v) is 5.62. The van der Waals surface area contributed by atoms with Crippen LogP contribution in [0.15, 0.2) is 24.3 Å². The molecule has 1 saturated carbocycles. The molecule has 2 nitrogen and oxygen atoms in total. The molecular weight excluding hydrogens is 222 g/mol. The molecule has 0 bridgehead atoms. The number of para-hydroxylation sites is 1. The molecule has 0 saturated heterocycles. The maximum Gasteiger partial charge on any atom is 0.122 e. The molecule has 0 spiro atoms. The second-order valence-electron chi connectivity index (χ2n) is 5.62. The van der Waals surface area contributed by atoms with Gasteiger partial charge in [-0.15, -0.1) is 0 Å². The van der Waals surface area contributed by atoms with E-state index in [-0.39, 0.29) is 0 Å². The minimum absolute atomic E-state index is 0.632. The average molecular weight is 245 g/mol. The van der Waals surface area contributed by atoms with Crippen molar-refractivity contribution in [1.82, 2.24) is 5.32 Å². The van der Waals surface area contributed by atoms with E-state index >= 15 is 0 Å². The van der Waals surface area contributed by atoms with E-state index in [1.807, 2.05) is 0 Å². The molecule has 2 aliphatic rings. The van der Waals surface area contributed by atoms with Gasteiger partial charge < -0.3 is 10.1 Å². The Labute approximate surface area is 110 Å². The first-order valence-corrected chi connectivity index (χ1v) is 7.33. The zero-order valence-corrected chi connectivity index (χ0v) is 11.2. The maximum atomic E-state index is 5.77. The van der Waals surface area contributed by atoms with E-state index in [2.05, 4.69) is 36.5 Å². The zero-order valence-electron chi connectivity index (χ0n) is 11.2. The number of ether oxygens (including phenoxy) is 1. The van der Waals surface area contributed by atoms with Gasteiger partial charge in [-0.2, -0.15) is 0 Å². The van der Waals surface area contributed by atoms with E-state index in [1.54, 1.807) is 0 Å². The Balaban J connectivity index is 1.80. The Kier molecular flexibility index (Phi) is 3.55. The number of likely N-dealkylation sites (N-methyl/N-ethyl adjacent to an activating group) is 1. The Morgan fingerprint density at radius 3 is 2.89 bits per heavy atom. The molecule has 0 amide bonds. The summed E-state index contributed by atoms with van der Waals surface area (Å²) < 4.78 is 5.77. The summed E-state index contributed by atoms with van der Waals surface area (Å²) >= 11 is 0. The Bertz CT molecular complexity index is 400. The molecule has 3 rings (SSSR count). The van der Waals surface area contributed by atoms with Crippen LogP contribution < -0.4 is 10.1 Å². The Hall–Kier alpha value is -1.02. The van der Waals surface area contributed by atoms with Crippen LogP contribution in [0.25, 0.3) is 0 Å². The lowest BCUT2D eigenvalue weighted by molar-refractivity contribution is 0.239. The molecule has 1 aliphatic carbocycles. The second kappa shape index (κ2) is 5.31. The monoisotopic (exact) mass is 245 g/mol. The van der Waals surface area contributed by atoms with Crippen molar-refractivity contribution >= 4 is 0 Å². The van der Waals surface area contributed by atoms with Gasteiger partial charge in [0.2, 0.25) is 0 Å². The van der Waals surface area contributed by atoms with Crippen LogP contribution in [0.1, 0.15) is 44.1 Å². The third kappa shape index (κ3) is 2.54. The van der Waals surface area contributed by atoms with E-state index in [0.29, 0.717) is 12.0 Å². The Morgan fingerprint density at radius 1 is 1.28 bits per heavy atom. The van der Waals surface area contributed by atoms with Crippen LogP contribution in [-0.2, 0) is 0 Å². The fourth-order valence-corrected chi connectivity index (χ4v) is 3.15. The topological polar surface area (TPSA) is 21.3 Å². The lowest BCUT2D eigenvalue weighted by Gasteiger charge is -2.33. The highest BCUT2D eigenvalue weighted by Crippen LogP contribution is 2.41. The fraction of sp³-hybridized carbons (Fsp3) is 0.625. The molecule has 2 unspecified atom stereocenters. The van der Waals surface area contributed by atoms with Crippen molar-refractivity contribution in [2.24, 2.45) is 5.92 Å². The first kappa shape index (κ1) is 12.0. The smallest absolute Gasteiger partial charge is 0.122 e. The zero-order chi connectivity index (χ0) is 12.4. The van der Waals surface area contributed by atoms with Crippen LogP contribution in [0.4, 0.5) is 0 Å². The molecule has 0 radical (unpaired) electrons. The maximum absolute atomic E-state index is 5.77. The van der Waals surface area contributed by atoms with Gasteiger partial charge in [-0.25, -0.2) is 0 Å². The van der Waals surface area contributed by atoms with Gasteiger partial charge in [-0.05, 0) is 36.9 Å². The number of benzene rings is 1. The minimum atomic E-state index is 0.632. The fourth-order valence-electron chi connectivity index (χ4n) is 3.15. The third-order valence-electron chi connectivity index (χ3n) is 4.24. The van der Waals surface area contributed by atoms with E-state index in [1.165, 1.54) is 24.8 Å². The van der Waals surface area contributed by atoms with Gasteiger partial charge in [0.25, 0.3) is 0 Å². The van der Waals surface area contributed by atoms with Crippen LogP contribution in [0, 0.1) is 5.92 Å². The number of hydrogen-bond acceptors (Lipinski definition) is 2. The molecule has 2 atom stereocenters. The summed E-state index contributed by atoms with van der Waals surface area (Å²) in [6.45, 7) is 4.15. The van der Waals surface area contributed by atoms with E-state index in [0.717, 1.165) is 31.2 Å². The van der Waals surface area contributed by atoms with Crippen molar-refractivity contribution < 1.29 is 4.74 Å². The molecule has 1 aromatic carbocycles. The molecular formula is C16H23NO. The normalized spacial score (nSPS) is 24.2. The summed E-state index contributed by atoms with van der Waals surface area (Å²) in [7, 11) is 0. The van der Waals surface area contributed by atoms with Gasteiger partial charge in [-0.3, -0.25) is 0 Å². The van der Waals surface area contributed by atoms with Gasteiger partial charge in [0.15, 0.2) is 0 Å². The highest BCUT2D eigenvalue weighted by Gasteiger charge is 2.33. The van der Waals surface area contributed by atoms with Crippen molar-refractivity contribution in [3.8, 4) is 5.75 Å². The largest absolute Gasteiger partial charge is 0.493 e. The molecule has 1 heterocycles. The number of rotatable bonds is 5. The summed E-state index contributed by atoms with van der Waals surface area (Å²) in [6, 6.07) is 9.20. The van der Waals surface area contributed by atoms with Crippen LogP contribution >= 0.6 is 0 Å². The van der Waals surface area contributed by atoms with Crippen molar-refractivity contribution in [3.05, 3.63) is 29.8 Å². The summed E-state index contributed by atoms with van der Waals surface area (Å²) in [4.78, 5) is 0. The van der Waals surface area contributed by atoms with Crippen LogP contribution in [0.5, 0.6) is 5.75 Å². The summed E-state index contributed by atoms with van der Waals surface area (Å²) in [6.07, 6.45) is 5.37. The molecule has 98 valence electrons. The first-order valence-electron chi connectivity index (χ1n) is 7.33. The van der Waals surface area contributed by atoms with Gasteiger partial charge in [0.05, 0.1) is 6.61 Å². The molecule has 2 heteroatoms. The average Bonchev–Trinajstić information content (AvgIpc) is 3.22. The van der Waals surface area contributed by atoms with Crippen LogP contribution in [0.3, 0.4) is 0 Å².